The molecule has 3 nitrogen and oxygen atoms in total. The van der Waals surface area contributed by atoms with Crippen LogP contribution in [0, 0.1) is 5.41 Å². The van der Waals surface area contributed by atoms with Gasteiger partial charge in [0.05, 0.1) is 5.41 Å². The van der Waals surface area contributed by atoms with E-state index < -0.39 is 11.7 Å². The summed E-state index contributed by atoms with van der Waals surface area (Å²) < 4.78 is 5.02. The number of carbonyl (C=O) groups excluding carboxylic acids is 1. The van der Waals surface area contributed by atoms with E-state index >= 15 is 0 Å². The van der Waals surface area contributed by atoms with E-state index in [1.54, 1.807) is 0 Å². The van der Waals surface area contributed by atoms with Crippen molar-refractivity contribution in [2.24, 2.45) is 5.41 Å². The topological polar surface area (TPSA) is 46.5 Å². The smallest absolute Gasteiger partial charge is 0.314 e. The first-order valence-electron chi connectivity index (χ1n) is 5.89. The lowest BCUT2D eigenvalue weighted by molar-refractivity contribution is -0.180. The van der Waals surface area contributed by atoms with Crippen LogP contribution in [0.5, 0.6) is 0 Å². The maximum atomic E-state index is 11.7. The lowest BCUT2D eigenvalue weighted by Gasteiger charge is -2.25. The molecule has 0 amide bonds. The minimum absolute atomic E-state index is 0.281. The normalized spacial score (nSPS) is 13.7. The van der Waals surface area contributed by atoms with Crippen molar-refractivity contribution in [3.05, 3.63) is 0 Å². The number of unbranched alkanes of at least 4 members (excludes halogenated alkanes) is 1. The van der Waals surface area contributed by atoms with E-state index in [-0.39, 0.29) is 5.97 Å². The van der Waals surface area contributed by atoms with Gasteiger partial charge in [-0.1, -0.05) is 27.2 Å². The second-order valence-electron chi connectivity index (χ2n) is 4.27. The van der Waals surface area contributed by atoms with Gasteiger partial charge in [-0.15, -0.1) is 0 Å². The van der Waals surface area contributed by atoms with Gasteiger partial charge in [0, 0.05) is 6.42 Å². The van der Waals surface area contributed by atoms with Crippen LogP contribution in [0.25, 0.3) is 0 Å². The van der Waals surface area contributed by atoms with E-state index in [0.717, 1.165) is 25.7 Å². The molecular weight excluding hydrogens is 192 g/mol. The van der Waals surface area contributed by atoms with Gasteiger partial charge in [0.2, 0.25) is 6.29 Å². The Morgan fingerprint density at radius 2 is 1.87 bits per heavy atom. The Hall–Kier alpha value is -0.570. The van der Waals surface area contributed by atoms with E-state index in [1.165, 1.54) is 0 Å². The standard InChI is InChI=1S/C12H24O3/c1-5-8-9-10(13)15-11(14)12(4,6-2)7-3/h10,13H,5-9H2,1-4H3. The maximum Gasteiger partial charge on any atom is 0.314 e. The van der Waals surface area contributed by atoms with Crippen LogP contribution in [-0.2, 0) is 9.53 Å². The van der Waals surface area contributed by atoms with E-state index in [0.29, 0.717) is 6.42 Å². The molecule has 0 aromatic carbocycles. The van der Waals surface area contributed by atoms with Crippen molar-refractivity contribution in [1.29, 1.82) is 0 Å². The van der Waals surface area contributed by atoms with Crippen LogP contribution < -0.4 is 0 Å². The quantitative estimate of drug-likeness (QED) is 0.526. The van der Waals surface area contributed by atoms with E-state index in [4.69, 9.17) is 4.74 Å². The summed E-state index contributed by atoms with van der Waals surface area (Å²) in [7, 11) is 0. The average molecular weight is 216 g/mol. The molecule has 0 saturated heterocycles. The molecule has 15 heavy (non-hydrogen) atoms. The van der Waals surface area contributed by atoms with E-state index in [1.807, 2.05) is 27.7 Å². The SMILES string of the molecule is CCCCC(O)OC(=O)C(C)(CC)CC. The predicted molar refractivity (Wildman–Crippen MR) is 60.3 cm³/mol. The molecule has 1 unspecified atom stereocenters. The van der Waals surface area contributed by atoms with Gasteiger partial charge < -0.3 is 9.84 Å². The molecule has 0 saturated carbocycles. The summed E-state index contributed by atoms with van der Waals surface area (Å²) in [5.74, 6) is -0.281. The summed E-state index contributed by atoms with van der Waals surface area (Å²) in [6.07, 6.45) is 2.95. The molecule has 0 spiro atoms. The van der Waals surface area contributed by atoms with Crippen molar-refractivity contribution < 1.29 is 14.6 Å². The molecule has 1 N–H and O–H groups in total. The molecule has 0 radical (unpaired) electrons. The van der Waals surface area contributed by atoms with Crippen LogP contribution in [0.4, 0.5) is 0 Å². The fraction of sp³-hybridized carbons (Fsp3) is 0.917. The number of hydrogen-bond donors (Lipinski definition) is 1. The molecule has 0 aliphatic heterocycles. The molecule has 0 aliphatic carbocycles. The Balaban J connectivity index is 4.10. The number of esters is 1. The van der Waals surface area contributed by atoms with Crippen LogP contribution in [0.3, 0.4) is 0 Å². The Labute approximate surface area is 92.8 Å². The Kier molecular flexibility index (Phi) is 6.57. The van der Waals surface area contributed by atoms with E-state index in [2.05, 4.69) is 0 Å². The van der Waals surface area contributed by atoms with Crippen LogP contribution in [-0.4, -0.2) is 17.4 Å². The minimum atomic E-state index is -0.935. The highest BCUT2D eigenvalue weighted by Crippen LogP contribution is 2.27. The van der Waals surface area contributed by atoms with Crippen LogP contribution >= 0.6 is 0 Å². The van der Waals surface area contributed by atoms with Gasteiger partial charge in [0.25, 0.3) is 0 Å². The summed E-state index contributed by atoms with van der Waals surface area (Å²) in [6, 6.07) is 0. The molecule has 0 bridgehead atoms. The molecule has 90 valence electrons. The first-order chi connectivity index (χ1) is 7.00. The van der Waals surface area contributed by atoms with Gasteiger partial charge in [0.1, 0.15) is 0 Å². The van der Waals surface area contributed by atoms with Crippen molar-refractivity contribution in [3.8, 4) is 0 Å². The summed E-state index contributed by atoms with van der Waals surface area (Å²) in [4.78, 5) is 11.7. The molecule has 0 rings (SSSR count). The minimum Gasteiger partial charge on any atom is -0.436 e. The first kappa shape index (κ1) is 14.4. The maximum absolute atomic E-state index is 11.7. The van der Waals surface area contributed by atoms with Gasteiger partial charge in [-0.05, 0) is 26.2 Å². The highest BCUT2D eigenvalue weighted by Gasteiger charge is 2.32. The van der Waals surface area contributed by atoms with Gasteiger partial charge in [-0.2, -0.15) is 0 Å². The van der Waals surface area contributed by atoms with Crippen molar-refractivity contribution in [1.82, 2.24) is 0 Å². The number of hydrogen-bond acceptors (Lipinski definition) is 3. The van der Waals surface area contributed by atoms with Crippen LogP contribution in [0.2, 0.25) is 0 Å². The van der Waals surface area contributed by atoms with Gasteiger partial charge >= 0.3 is 5.97 Å². The molecule has 0 aromatic rings. The third-order valence-electron chi connectivity index (χ3n) is 3.10. The third kappa shape index (κ3) is 4.65. The van der Waals surface area contributed by atoms with Gasteiger partial charge in [-0.25, -0.2) is 0 Å². The van der Waals surface area contributed by atoms with Crippen molar-refractivity contribution in [3.63, 3.8) is 0 Å². The summed E-state index contributed by atoms with van der Waals surface area (Å²) in [5, 5.41) is 9.46. The van der Waals surface area contributed by atoms with E-state index in [9.17, 15) is 9.90 Å². The Morgan fingerprint density at radius 1 is 1.33 bits per heavy atom. The first-order valence-corrected chi connectivity index (χ1v) is 5.89. The monoisotopic (exact) mass is 216 g/mol. The fourth-order valence-electron chi connectivity index (χ4n) is 1.24. The van der Waals surface area contributed by atoms with Crippen molar-refractivity contribution >= 4 is 5.97 Å². The second-order valence-corrected chi connectivity index (χ2v) is 4.27. The zero-order valence-corrected chi connectivity index (χ0v) is 10.4. The van der Waals surface area contributed by atoms with Crippen LogP contribution in [0.1, 0.15) is 59.8 Å². The van der Waals surface area contributed by atoms with Gasteiger partial charge in [-0.3, -0.25) is 4.79 Å². The summed E-state index contributed by atoms with van der Waals surface area (Å²) in [5.41, 5.74) is -0.451. The molecule has 0 fully saturated rings. The second kappa shape index (κ2) is 6.83. The number of carbonyl (C=O) groups is 1. The van der Waals surface area contributed by atoms with Crippen molar-refractivity contribution in [2.75, 3.05) is 0 Å². The predicted octanol–water partition coefficient (Wildman–Crippen LogP) is 2.86. The molecular formula is C12H24O3. The zero-order chi connectivity index (χ0) is 11.9. The highest BCUT2D eigenvalue weighted by atomic mass is 16.6. The molecule has 0 heterocycles. The molecule has 0 aromatic heterocycles. The third-order valence-corrected chi connectivity index (χ3v) is 3.10. The van der Waals surface area contributed by atoms with Crippen molar-refractivity contribution in [2.45, 2.75) is 66.1 Å². The number of ether oxygens (including phenoxy) is 1. The zero-order valence-electron chi connectivity index (χ0n) is 10.4. The molecule has 3 heteroatoms. The lowest BCUT2D eigenvalue weighted by atomic mass is 9.85. The van der Waals surface area contributed by atoms with Gasteiger partial charge in [0.15, 0.2) is 0 Å². The number of rotatable bonds is 7. The Morgan fingerprint density at radius 3 is 2.27 bits per heavy atom. The molecule has 1 atom stereocenters. The summed E-state index contributed by atoms with van der Waals surface area (Å²) in [6.45, 7) is 7.84. The summed E-state index contributed by atoms with van der Waals surface area (Å²) >= 11 is 0. The highest BCUT2D eigenvalue weighted by molar-refractivity contribution is 5.76. The molecule has 0 aliphatic rings. The fourth-order valence-corrected chi connectivity index (χ4v) is 1.24. The average Bonchev–Trinajstić information content (AvgIpc) is 2.24. The Bertz CT molecular complexity index is 185. The number of aliphatic hydroxyl groups is 1. The lowest BCUT2D eigenvalue weighted by Crippen LogP contribution is -2.32. The largest absolute Gasteiger partial charge is 0.436 e. The number of aliphatic hydroxyl groups excluding tert-OH is 1. The van der Waals surface area contributed by atoms with Crippen LogP contribution in [0.15, 0.2) is 0 Å².